The van der Waals surface area contributed by atoms with Gasteiger partial charge in [-0.2, -0.15) is 5.26 Å². The Balaban J connectivity index is 1.59. The number of anilines is 2. The zero-order valence-electron chi connectivity index (χ0n) is 21.1. The predicted molar refractivity (Wildman–Crippen MR) is 141 cm³/mol. The van der Waals surface area contributed by atoms with Crippen LogP contribution in [0.2, 0.25) is 0 Å². The van der Waals surface area contributed by atoms with E-state index in [0.717, 1.165) is 23.2 Å². The van der Waals surface area contributed by atoms with E-state index in [1.807, 2.05) is 25.1 Å². The lowest BCUT2D eigenvalue weighted by Crippen LogP contribution is -2.34. The van der Waals surface area contributed by atoms with Crippen LogP contribution in [0, 0.1) is 17.1 Å². The van der Waals surface area contributed by atoms with Crippen molar-refractivity contribution < 1.29 is 18.7 Å². The van der Waals surface area contributed by atoms with Gasteiger partial charge in [-0.15, -0.1) is 0 Å². The molecule has 4 aromatic rings. The second kappa shape index (κ2) is 12.0. The van der Waals surface area contributed by atoms with Crippen molar-refractivity contribution in [3.05, 3.63) is 83.6 Å². The number of fused-ring (bicyclic) bond motifs is 1. The number of ether oxygens (including phenoxy) is 1. The Kier molecular flexibility index (Phi) is 8.28. The van der Waals surface area contributed by atoms with Crippen molar-refractivity contribution >= 4 is 34.4 Å². The lowest BCUT2D eigenvalue weighted by molar-refractivity contribution is -0.142. The highest BCUT2D eigenvalue weighted by atomic mass is 19.1. The number of nitriles is 1. The van der Waals surface area contributed by atoms with E-state index in [0.29, 0.717) is 29.7 Å². The standard InChI is InChI=1S/C28H27FN6O3/c1-3-34-24-11-7-20(15-23(24)33-26(34)18-31-22-9-5-19(16-30)6-10-22)28(37)35(14-13-27(36)38-4-2)25-12-8-21(29)17-32-25/h5-12,15,17,31H,3-4,13-14,18H2,1-2H3. The van der Waals surface area contributed by atoms with E-state index in [9.17, 15) is 14.0 Å². The molecule has 0 spiro atoms. The lowest BCUT2D eigenvalue weighted by atomic mass is 10.1. The summed E-state index contributed by atoms with van der Waals surface area (Å²) in [7, 11) is 0. The van der Waals surface area contributed by atoms with Crippen molar-refractivity contribution in [2.45, 2.75) is 33.4 Å². The van der Waals surface area contributed by atoms with Gasteiger partial charge in [0.2, 0.25) is 0 Å². The Morgan fingerprint density at radius 1 is 1.13 bits per heavy atom. The number of hydrogen-bond donors (Lipinski definition) is 1. The number of rotatable bonds is 10. The summed E-state index contributed by atoms with van der Waals surface area (Å²) in [5.41, 5.74) is 3.32. The maximum absolute atomic E-state index is 13.5. The fourth-order valence-corrected chi connectivity index (χ4v) is 4.08. The molecule has 4 rings (SSSR count). The molecule has 0 atom stereocenters. The summed E-state index contributed by atoms with van der Waals surface area (Å²) in [6.07, 6.45) is 0.996. The van der Waals surface area contributed by atoms with E-state index in [1.54, 1.807) is 31.2 Å². The van der Waals surface area contributed by atoms with Gasteiger partial charge in [-0.25, -0.2) is 14.4 Å². The SMILES string of the molecule is CCOC(=O)CCN(C(=O)c1ccc2c(c1)nc(CNc1ccc(C#N)cc1)n2CC)c1ccc(F)cn1. The maximum Gasteiger partial charge on any atom is 0.307 e. The van der Waals surface area contributed by atoms with Crippen LogP contribution in [-0.2, 0) is 22.6 Å². The molecule has 0 fully saturated rings. The molecule has 2 aromatic carbocycles. The van der Waals surface area contributed by atoms with Crippen molar-refractivity contribution in [3.8, 4) is 6.07 Å². The van der Waals surface area contributed by atoms with Crippen LogP contribution in [0.1, 0.15) is 42.0 Å². The van der Waals surface area contributed by atoms with Crippen LogP contribution >= 0.6 is 0 Å². The molecule has 10 heteroatoms. The summed E-state index contributed by atoms with van der Waals surface area (Å²) in [6, 6.07) is 17.1. The van der Waals surface area contributed by atoms with Gasteiger partial charge in [-0.05, 0) is 68.4 Å². The van der Waals surface area contributed by atoms with E-state index >= 15 is 0 Å². The van der Waals surface area contributed by atoms with E-state index in [-0.39, 0.29) is 25.4 Å². The Morgan fingerprint density at radius 2 is 1.92 bits per heavy atom. The van der Waals surface area contributed by atoms with Gasteiger partial charge in [0.05, 0.1) is 48.4 Å². The molecule has 0 saturated heterocycles. The first-order valence-corrected chi connectivity index (χ1v) is 12.3. The summed E-state index contributed by atoms with van der Waals surface area (Å²) in [5.74, 6) is -0.342. The third-order valence-corrected chi connectivity index (χ3v) is 5.93. The highest BCUT2D eigenvalue weighted by Gasteiger charge is 2.22. The van der Waals surface area contributed by atoms with Crippen LogP contribution in [-0.4, -0.2) is 39.6 Å². The molecule has 194 valence electrons. The summed E-state index contributed by atoms with van der Waals surface area (Å²) >= 11 is 0. The molecular weight excluding hydrogens is 487 g/mol. The van der Waals surface area contributed by atoms with Crippen LogP contribution in [0.25, 0.3) is 11.0 Å². The number of aryl methyl sites for hydroxylation is 1. The Labute approximate surface area is 219 Å². The number of hydrogen-bond acceptors (Lipinski definition) is 7. The highest BCUT2D eigenvalue weighted by Crippen LogP contribution is 2.22. The van der Waals surface area contributed by atoms with Gasteiger partial charge in [0.25, 0.3) is 5.91 Å². The third kappa shape index (κ3) is 5.95. The number of amides is 1. The van der Waals surface area contributed by atoms with Crippen LogP contribution in [0.15, 0.2) is 60.8 Å². The number of nitrogens with one attached hydrogen (secondary N) is 1. The van der Waals surface area contributed by atoms with E-state index in [4.69, 9.17) is 15.0 Å². The van der Waals surface area contributed by atoms with Gasteiger partial charge in [0.1, 0.15) is 17.5 Å². The van der Waals surface area contributed by atoms with Crippen molar-refractivity contribution in [1.82, 2.24) is 14.5 Å². The van der Waals surface area contributed by atoms with Crippen molar-refractivity contribution in [3.63, 3.8) is 0 Å². The summed E-state index contributed by atoms with van der Waals surface area (Å²) in [5, 5.41) is 12.3. The molecule has 1 amide bonds. The number of carbonyl (C=O) groups excluding carboxylic acids is 2. The molecule has 0 unspecified atom stereocenters. The molecule has 2 heterocycles. The summed E-state index contributed by atoms with van der Waals surface area (Å²) in [4.78, 5) is 35.6. The predicted octanol–water partition coefficient (Wildman–Crippen LogP) is 4.67. The summed E-state index contributed by atoms with van der Waals surface area (Å²) in [6.45, 7) is 5.12. The molecule has 0 aliphatic rings. The smallest absolute Gasteiger partial charge is 0.307 e. The minimum atomic E-state index is -0.528. The van der Waals surface area contributed by atoms with Crippen LogP contribution in [0.3, 0.4) is 0 Å². The first-order chi connectivity index (χ1) is 18.4. The molecule has 38 heavy (non-hydrogen) atoms. The van der Waals surface area contributed by atoms with Crippen LogP contribution in [0.5, 0.6) is 0 Å². The van der Waals surface area contributed by atoms with E-state index in [2.05, 4.69) is 20.9 Å². The van der Waals surface area contributed by atoms with Gasteiger partial charge in [0.15, 0.2) is 0 Å². The number of halogens is 1. The Hall–Kier alpha value is -4.78. The molecule has 0 bridgehead atoms. The number of pyridine rings is 1. The third-order valence-electron chi connectivity index (χ3n) is 5.93. The number of aromatic nitrogens is 3. The van der Waals surface area contributed by atoms with Crippen LogP contribution in [0.4, 0.5) is 15.9 Å². The molecule has 9 nitrogen and oxygen atoms in total. The quantitative estimate of drug-likeness (QED) is 0.306. The molecule has 2 aromatic heterocycles. The van der Waals surface area contributed by atoms with Crippen molar-refractivity contribution in [2.75, 3.05) is 23.4 Å². The summed E-state index contributed by atoms with van der Waals surface area (Å²) < 4.78 is 20.5. The Morgan fingerprint density at radius 3 is 2.58 bits per heavy atom. The van der Waals surface area contributed by atoms with Crippen molar-refractivity contribution in [2.24, 2.45) is 0 Å². The van der Waals surface area contributed by atoms with E-state index < -0.39 is 17.7 Å². The molecule has 0 aliphatic carbocycles. The average molecular weight is 515 g/mol. The number of nitrogens with zero attached hydrogens (tertiary/aromatic N) is 5. The topological polar surface area (TPSA) is 113 Å². The first kappa shape index (κ1) is 26.3. The second-order valence-electron chi connectivity index (χ2n) is 8.36. The zero-order chi connectivity index (χ0) is 27.1. The first-order valence-electron chi connectivity index (χ1n) is 12.3. The average Bonchev–Trinajstić information content (AvgIpc) is 3.30. The number of esters is 1. The van der Waals surface area contributed by atoms with Gasteiger partial charge < -0.3 is 14.6 Å². The normalized spacial score (nSPS) is 10.7. The van der Waals surface area contributed by atoms with Crippen molar-refractivity contribution in [1.29, 1.82) is 5.26 Å². The molecule has 0 radical (unpaired) electrons. The molecule has 1 N–H and O–H groups in total. The molecule has 0 saturated carbocycles. The highest BCUT2D eigenvalue weighted by molar-refractivity contribution is 6.07. The fraction of sp³-hybridized carbons (Fsp3) is 0.250. The largest absolute Gasteiger partial charge is 0.466 e. The number of imidazole rings is 1. The van der Waals surface area contributed by atoms with Gasteiger partial charge >= 0.3 is 5.97 Å². The zero-order valence-corrected chi connectivity index (χ0v) is 21.1. The second-order valence-corrected chi connectivity index (χ2v) is 8.36. The molecule has 0 aliphatic heterocycles. The maximum atomic E-state index is 13.5. The van der Waals surface area contributed by atoms with Gasteiger partial charge in [-0.3, -0.25) is 14.5 Å². The monoisotopic (exact) mass is 514 g/mol. The lowest BCUT2D eigenvalue weighted by Gasteiger charge is -2.21. The number of benzene rings is 2. The van der Waals surface area contributed by atoms with Gasteiger partial charge in [0, 0.05) is 24.3 Å². The minimum Gasteiger partial charge on any atom is -0.466 e. The Bertz CT molecular complexity index is 1480. The van der Waals surface area contributed by atoms with E-state index in [1.165, 1.54) is 17.0 Å². The van der Waals surface area contributed by atoms with Gasteiger partial charge in [-0.1, -0.05) is 0 Å². The minimum absolute atomic E-state index is 0.0253. The van der Waals surface area contributed by atoms with Crippen LogP contribution < -0.4 is 10.2 Å². The fourth-order valence-electron chi connectivity index (χ4n) is 4.08. The number of carbonyl (C=O) groups is 2. The molecular formula is C28H27FN6O3.